The van der Waals surface area contributed by atoms with E-state index in [1.54, 1.807) is 0 Å². The molecular formula is C5H7I. The van der Waals surface area contributed by atoms with Crippen LogP contribution in [-0.2, 0) is 0 Å². The van der Waals surface area contributed by atoms with Crippen LogP contribution in [0.4, 0.5) is 0 Å². The number of allylic oxidation sites excluding steroid dienone is 2. The lowest BCUT2D eigenvalue weighted by Gasteiger charge is -1.83. The first-order valence-electron chi connectivity index (χ1n) is 2.01. The quantitative estimate of drug-likeness (QED) is 0.406. The van der Waals surface area contributed by atoms with Gasteiger partial charge in [-0.15, -0.1) is 20.7 Å². The molecule has 6 heavy (non-hydrogen) atoms. The summed E-state index contributed by atoms with van der Waals surface area (Å²) in [4.78, 5) is 0. The van der Waals surface area contributed by atoms with Gasteiger partial charge in [-0.05, 0) is 4.01 Å². The third-order valence-corrected chi connectivity index (χ3v) is 3.10. The van der Waals surface area contributed by atoms with Gasteiger partial charge in [0.05, 0.1) is 0 Å². The largest absolute Gasteiger partial charge is 0.115 e. The highest BCUT2D eigenvalue weighted by Gasteiger charge is 1.90. The van der Waals surface area contributed by atoms with Crippen LogP contribution in [0, 0.1) is 0 Å². The van der Waals surface area contributed by atoms with Crippen molar-refractivity contribution in [3.8, 4) is 0 Å². The fourth-order valence-electron chi connectivity index (χ4n) is 0.394. The van der Waals surface area contributed by atoms with E-state index in [4.69, 9.17) is 0 Å². The van der Waals surface area contributed by atoms with Gasteiger partial charge < -0.3 is 0 Å². The molecule has 0 aliphatic carbocycles. The van der Waals surface area contributed by atoms with Gasteiger partial charge in [-0.3, -0.25) is 0 Å². The average molecular weight is 194 g/mol. The van der Waals surface area contributed by atoms with Gasteiger partial charge in [-0.1, -0.05) is 19.1 Å². The Morgan fingerprint density at radius 3 is 2.67 bits per heavy atom. The van der Waals surface area contributed by atoms with Gasteiger partial charge in [-0.25, -0.2) is 0 Å². The highest BCUT2D eigenvalue weighted by atomic mass is 127. The van der Waals surface area contributed by atoms with E-state index in [9.17, 15) is 0 Å². The van der Waals surface area contributed by atoms with Crippen molar-refractivity contribution in [1.82, 2.24) is 0 Å². The van der Waals surface area contributed by atoms with Crippen LogP contribution < -0.4 is 0 Å². The van der Waals surface area contributed by atoms with Crippen molar-refractivity contribution in [3.05, 3.63) is 12.2 Å². The molecule has 0 aromatic rings. The zero-order valence-electron chi connectivity index (χ0n) is 3.69. The van der Waals surface area contributed by atoms with Gasteiger partial charge in [0, 0.05) is 3.92 Å². The minimum absolute atomic E-state index is 0.443. The molecule has 1 atom stereocenters. The lowest BCUT2D eigenvalue weighted by molar-refractivity contribution is 1.31. The molecule has 1 aliphatic rings. The molecule has 0 amide bonds. The third-order valence-electron chi connectivity index (χ3n) is 0.721. The Labute approximate surface area is 48.0 Å². The van der Waals surface area contributed by atoms with Gasteiger partial charge in [0.25, 0.3) is 0 Å². The van der Waals surface area contributed by atoms with Crippen LogP contribution >= 0.6 is 20.7 Å². The first kappa shape index (κ1) is 4.50. The van der Waals surface area contributed by atoms with E-state index in [2.05, 4.69) is 23.1 Å². The van der Waals surface area contributed by atoms with Gasteiger partial charge in [-0.2, -0.15) is 0 Å². The molecule has 1 aliphatic heterocycles. The summed E-state index contributed by atoms with van der Waals surface area (Å²) in [6, 6.07) is 0. The van der Waals surface area contributed by atoms with Crippen molar-refractivity contribution >= 4 is 24.7 Å². The number of hydrogen-bond donors (Lipinski definition) is 0. The van der Waals surface area contributed by atoms with Crippen LogP contribution in [0.15, 0.2) is 12.2 Å². The fourth-order valence-corrected chi connectivity index (χ4v) is 2.01. The summed E-state index contributed by atoms with van der Waals surface area (Å²) < 4.78 is 3.23. The minimum atomic E-state index is 0.443. The fraction of sp³-hybridized carbons (Fsp3) is 0.400. The molecule has 1 rings (SSSR count). The highest BCUT2D eigenvalue weighted by Crippen LogP contribution is 2.13. The highest BCUT2D eigenvalue weighted by molar-refractivity contribution is 14.2. The summed E-state index contributed by atoms with van der Waals surface area (Å²) in [6.07, 6.45) is 4.45. The molecule has 34 valence electrons. The Morgan fingerprint density at radius 1 is 1.67 bits per heavy atom. The molecule has 0 fully saturated rings. The van der Waals surface area contributed by atoms with Crippen molar-refractivity contribution in [2.75, 3.05) is 0 Å². The molecule has 0 N–H and O–H groups in total. The van der Waals surface area contributed by atoms with E-state index in [-0.39, 0.29) is 0 Å². The maximum Gasteiger partial charge on any atom is 0.0216 e. The first-order valence-corrected chi connectivity index (χ1v) is 4.51. The molecule has 0 saturated heterocycles. The van der Waals surface area contributed by atoms with E-state index in [0.717, 1.165) is 3.92 Å². The van der Waals surface area contributed by atoms with Crippen molar-refractivity contribution in [2.24, 2.45) is 0 Å². The second kappa shape index (κ2) is 1.87. The molecule has 0 bridgehead atoms. The van der Waals surface area contributed by atoms with E-state index in [1.165, 1.54) is 0 Å². The Kier molecular flexibility index (Phi) is 1.40. The zero-order valence-corrected chi connectivity index (χ0v) is 5.84. The van der Waals surface area contributed by atoms with E-state index < -0.39 is 0 Å². The lowest BCUT2D eigenvalue weighted by atomic mass is 10.4. The molecular weight excluding hydrogens is 187 g/mol. The second-order valence-corrected chi connectivity index (χ2v) is 4.72. The van der Waals surface area contributed by atoms with E-state index in [0.29, 0.717) is 20.7 Å². The van der Waals surface area contributed by atoms with E-state index in [1.807, 2.05) is 0 Å². The van der Waals surface area contributed by atoms with E-state index >= 15 is 0 Å². The number of alkyl halides is 1. The summed E-state index contributed by atoms with van der Waals surface area (Å²) in [5, 5.41) is 0. The van der Waals surface area contributed by atoms with Crippen LogP contribution in [0.25, 0.3) is 0 Å². The van der Waals surface area contributed by atoms with Gasteiger partial charge in [0.15, 0.2) is 0 Å². The molecule has 1 heteroatoms. The van der Waals surface area contributed by atoms with Crippen LogP contribution in [0.3, 0.4) is 0 Å². The SMILES string of the molecule is CC1C=CC=I1. The topological polar surface area (TPSA) is 0 Å². The zero-order chi connectivity index (χ0) is 4.41. The maximum absolute atomic E-state index is 2.31. The predicted octanol–water partition coefficient (Wildman–Crippen LogP) is 1.72. The van der Waals surface area contributed by atoms with Gasteiger partial charge in [0.1, 0.15) is 0 Å². The normalized spacial score (nSPS) is 30.5. The summed E-state index contributed by atoms with van der Waals surface area (Å²) >= 11 is 0.443. The van der Waals surface area contributed by atoms with Crippen LogP contribution in [0.5, 0.6) is 0 Å². The molecule has 0 aromatic carbocycles. The summed E-state index contributed by atoms with van der Waals surface area (Å²) in [5.74, 6) is 0. The van der Waals surface area contributed by atoms with Crippen LogP contribution in [0.1, 0.15) is 6.92 Å². The van der Waals surface area contributed by atoms with Gasteiger partial charge in [0.2, 0.25) is 0 Å². The molecule has 1 unspecified atom stereocenters. The number of rotatable bonds is 0. The summed E-state index contributed by atoms with van der Waals surface area (Å²) in [6.45, 7) is 2.27. The van der Waals surface area contributed by atoms with Crippen molar-refractivity contribution < 1.29 is 0 Å². The van der Waals surface area contributed by atoms with Crippen LogP contribution in [-0.4, -0.2) is 7.94 Å². The Hall–Kier alpha value is 0.340. The molecule has 0 radical (unpaired) electrons. The summed E-state index contributed by atoms with van der Waals surface area (Å²) in [7, 11) is 0. The standard InChI is InChI=1S/C5H7I/c1-5-3-2-4-6-5/h2-5H,1H3. The second-order valence-electron chi connectivity index (χ2n) is 1.31. The minimum Gasteiger partial charge on any atom is -0.115 e. The van der Waals surface area contributed by atoms with Crippen LogP contribution in [0.2, 0.25) is 0 Å². The number of halogens is 1. The van der Waals surface area contributed by atoms with Crippen molar-refractivity contribution in [1.29, 1.82) is 0 Å². The molecule has 0 saturated carbocycles. The van der Waals surface area contributed by atoms with Crippen molar-refractivity contribution in [2.45, 2.75) is 10.8 Å². The monoisotopic (exact) mass is 194 g/mol. The molecule has 1 heterocycles. The Morgan fingerprint density at radius 2 is 2.50 bits per heavy atom. The first-order chi connectivity index (χ1) is 2.89. The smallest absolute Gasteiger partial charge is 0.0216 e. The average Bonchev–Trinajstić information content (AvgIpc) is 1.86. The van der Waals surface area contributed by atoms with Gasteiger partial charge >= 0.3 is 0 Å². The maximum atomic E-state index is 2.31. The number of hydrogen-bond acceptors (Lipinski definition) is 0. The predicted molar refractivity (Wildman–Crippen MR) is 38.7 cm³/mol. The summed E-state index contributed by atoms with van der Waals surface area (Å²) in [5.41, 5.74) is 0. The third kappa shape index (κ3) is 0.899. The van der Waals surface area contributed by atoms with Crippen molar-refractivity contribution in [3.63, 3.8) is 0 Å². The molecule has 0 nitrogen and oxygen atoms in total. The molecule has 0 spiro atoms. The Bertz CT molecular complexity index is 80.1. The molecule has 0 aromatic heterocycles. The Balaban J connectivity index is 2.60. The lowest BCUT2D eigenvalue weighted by Crippen LogP contribution is -1.73.